The maximum absolute atomic E-state index is 11.5. The Morgan fingerprint density at radius 2 is 2.21 bits per heavy atom. The van der Waals surface area contributed by atoms with E-state index in [9.17, 15) is 8.42 Å². The smallest absolute Gasteiger partial charge is 0.176 e. The van der Waals surface area contributed by atoms with Crippen LogP contribution in [0.3, 0.4) is 0 Å². The first-order valence-corrected chi connectivity index (χ1v) is 7.88. The number of anilines is 1. The third-order valence-electron chi connectivity index (χ3n) is 3.10. The van der Waals surface area contributed by atoms with Gasteiger partial charge in [-0.1, -0.05) is 0 Å². The summed E-state index contributed by atoms with van der Waals surface area (Å²) in [7, 11) is -2.89. The highest BCUT2D eigenvalue weighted by Crippen LogP contribution is 2.21. The maximum atomic E-state index is 11.5. The van der Waals surface area contributed by atoms with Gasteiger partial charge >= 0.3 is 0 Å². The minimum atomic E-state index is -2.89. The lowest BCUT2D eigenvalue weighted by Crippen LogP contribution is -2.21. The highest BCUT2D eigenvalue weighted by Gasteiger charge is 2.28. The summed E-state index contributed by atoms with van der Waals surface area (Å²) in [5, 5.41) is 7.40. The van der Waals surface area contributed by atoms with E-state index in [1.165, 1.54) is 0 Å². The van der Waals surface area contributed by atoms with E-state index >= 15 is 0 Å². The first-order valence-electron chi connectivity index (χ1n) is 6.06. The Labute approximate surface area is 111 Å². The normalized spacial score (nSPS) is 21.4. The summed E-state index contributed by atoms with van der Waals surface area (Å²) in [6.07, 6.45) is 5.81. The lowest BCUT2D eigenvalue weighted by molar-refractivity contribution is 0.602. The summed E-state index contributed by atoms with van der Waals surface area (Å²) in [5.74, 6) is 1.11. The van der Waals surface area contributed by atoms with Gasteiger partial charge in [-0.05, 0) is 24.6 Å². The molecule has 2 aromatic rings. The van der Waals surface area contributed by atoms with Crippen molar-refractivity contribution in [3.8, 4) is 5.82 Å². The van der Waals surface area contributed by atoms with E-state index in [1.54, 1.807) is 23.3 Å². The molecule has 3 rings (SSSR count). The molecule has 0 aromatic carbocycles. The van der Waals surface area contributed by atoms with Crippen LogP contribution < -0.4 is 5.32 Å². The van der Waals surface area contributed by atoms with Crippen LogP contribution >= 0.6 is 0 Å². The van der Waals surface area contributed by atoms with Gasteiger partial charge in [0.1, 0.15) is 0 Å². The summed E-state index contributed by atoms with van der Waals surface area (Å²) in [6, 6.07) is 5.47. The van der Waals surface area contributed by atoms with Crippen molar-refractivity contribution in [2.45, 2.75) is 12.5 Å². The Morgan fingerprint density at radius 3 is 2.89 bits per heavy atom. The molecule has 0 bridgehead atoms. The quantitative estimate of drug-likeness (QED) is 0.901. The molecule has 0 aliphatic carbocycles. The van der Waals surface area contributed by atoms with Gasteiger partial charge in [-0.15, -0.1) is 0 Å². The molecular formula is C12H14N4O2S. The van der Waals surface area contributed by atoms with Crippen LogP contribution in [0.5, 0.6) is 0 Å². The lowest BCUT2D eigenvalue weighted by atomic mass is 10.2. The Bertz CT molecular complexity index is 667. The van der Waals surface area contributed by atoms with Crippen LogP contribution in [0.25, 0.3) is 5.82 Å². The molecule has 1 N–H and O–H groups in total. The van der Waals surface area contributed by atoms with Crippen molar-refractivity contribution in [1.82, 2.24) is 14.8 Å². The average molecular weight is 278 g/mol. The van der Waals surface area contributed by atoms with Crippen molar-refractivity contribution in [3.05, 3.63) is 36.8 Å². The summed E-state index contributed by atoms with van der Waals surface area (Å²) in [4.78, 5) is 4.29. The van der Waals surface area contributed by atoms with Crippen LogP contribution in [-0.2, 0) is 9.84 Å². The van der Waals surface area contributed by atoms with Gasteiger partial charge in [-0.2, -0.15) is 5.10 Å². The molecule has 100 valence electrons. The molecule has 19 heavy (non-hydrogen) atoms. The molecule has 2 aromatic heterocycles. The fourth-order valence-electron chi connectivity index (χ4n) is 2.22. The van der Waals surface area contributed by atoms with Crippen molar-refractivity contribution >= 4 is 15.5 Å². The zero-order valence-corrected chi connectivity index (χ0v) is 11.0. The van der Waals surface area contributed by atoms with Gasteiger partial charge in [-0.3, -0.25) is 0 Å². The number of nitrogens with one attached hydrogen (secondary N) is 1. The highest BCUT2D eigenvalue weighted by molar-refractivity contribution is 7.91. The van der Waals surface area contributed by atoms with E-state index in [4.69, 9.17) is 0 Å². The van der Waals surface area contributed by atoms with Gasteiger partial charge in [0.15, 0.2) is 15.7 Å². The van der Waals surface area contributed by atoms with Crippen molar-refractivity contribution in [2.75, 3.05) is 16.8 Å². The molecule has 1 fully saturated rings. The van der Waals surface area contributed by atoms with Crippen LogP contribution in [0.4, 0.5) is 5.69 Å². The topological polar surface area (TPSA) is 76.9 Å². The second-order valence-electron chi connectivity index (χ2n) is 4.57. The van der Waals surface area contributed by atoms with E-state index in [0.29, 0.717) is 12.2 Å². The van der Waals surface area contributed by atoms with Crippen molar-refractivity contribution < 1.29 is 8.42 Å². The second kappa shape index (κ2) is 4.65. The number of nitrogens with zero attached hydrogens (tertiary/aromatic N) is 3. The van der Waals surface area contributed by atoms with E-state index < -0.39 is 9.84 Å². The fraction of sp³-hybridized carbons (Fsp3) is 0.333. The molecular weight excluding hydrogens is 264 g/mol. The Kier molecular flexibility index (Phi) is 2.98. The molecule has 1 aliphatic heterocycles. The molecule has 6 nitrogen and oxygen atoms in total. The standard InChI is InChI=1S/C12H14N4O2S/c17-19(18)8-4-10(9-19)15-11-3-1-5-13-12(11)16-7-2-6-14-16/h1-3,5-7,10,15H,4,8-9H2. The summed E-state index contributed by atoms with van der Waals surface area (Å²) in [5.41, 5.74) is 0.799. The van der Waals surface area contributed by atoms with Gasteiger partial charge in [0.2, 0.25) is 0 Å². The van der Waals surface area contributed by atoms with E-state index in [1.807, 2.05) is 18.2 Å². The molecule has 0 spiro atoms. The number of sulfone groups is 1. The Morgan fingerprint density at radius 1 is 1.32 bits per heavy atom. The average Bonchev–Trinajstić information content (AvgIpc) is 3.00. The monoisotopic (exact) mass is 278 g/mol. The maximum Gasteiger partial charge on any atom is 0.176 e. The van der Waals surface area contributed by atoms with Crippen LogP contribution in [0.2, 0.25) is 0 Å². The van der Waals surface area contributed by atoms with E-state index in [-0.39, 0.29) is 17.5 Å². The second-order valence-corrected chi connectivity index (χ2v) is 6.80. The predicted octanol–water partition coefficient (Wildman–Crippen LogP) is 0.866. The SMILES string of the molecule is O=S1(=O)CCC(Nc2cccnc2-n2cccn2)C1. The molecule has 0 saturated carbocycles. The minimum Gasteiger partial charge on any atom is -0.378 e. The first kappa shape index (κ1) is 12.2. The first-order chi connectivity index (χ1) is 9.14. The molecule has 3 heterocycles. The molecule has 0 amide bonds. The van der Waals surface area contributed by atoms with E-state index in [0.717, 1.165) is 5.69 Å². The fourth-order valence-corrected chi connectivity index (χ4v) is 3.89. The molecule has 0 radical (unpaired) electrons. The van der Waals surface area contributed by atoms with Crippen molar-refractivity contribution in [3.63, 3.8) is 0 Å². The van der Waals surface area contributed by atoms with Gasteiger partial charge in [-0.25, -0.2) is 18.1 Å². The van der Waals surface area contributed by atoms with Crippen molar-refractivity contribution in [2.24, 2.45) is 0 Å². The zero-order valence-electron chi connectivity index (χ0n) is 10.2. The Balaban J connectivity index is 1.86. The number of aromatic nitrogens is 3. The van der Waals surface area contributed by atoms with Crippen molar-refractivity contribution in [1.29, 1.82) is 0 Å². The van der Waals surface area contributed by atoms with Gasteiger partial charge in [0, 0.05) is 24.6 Å². The number of hydrogen-bond acceptors (Lipinski definition) is 5. The third kappa shape index (κ3) is 2.60. The lowest BCUT2D eigenvalue weighted by Gasteiger charge is -2.15. The predicted molar refractivity (Wildman–Crippen MR) is 72.0 cm³/mol. The largest absolute Gasteiger partial charge is 0.378 e. The summed E-state index contributed by atoms with van der Waals surface area (Å²) in [6.45, 7) is 0. The van der Waals surface area contributed by atoms with E-state index in [2.05, 4.69) is 15.4 Å². The number of hydrogen-bond donors (Lipinski definition) is 1. The van der Waals surface area contributed by atoms with Crippen LogP contribution in [0.15, 0.2) is 36.8 Å². The minimum absolute atomic E-state index is 0.0523. The number of pyridine rings is 1. The zero-order chi connectivity index (χ0) is 13.3. The molecule has 1 unspecified atom stereocenters. The van der Waals surface area contributed by atoms with Crippen LogP contribution in [0.1, 0.15) is 6.42 Å². The number of rotatable bonds is 3. The highest BCUT2D eigenvalue weighted by atomic mass is 32.2. The molecule has 1 aliphatic rings. The van der Waals surface area contributed by atoms with Gasteiger partial charge in [0.05, 0.1) is 17.2 Å². The molecule has 7 heteroatoms. The molecule has 1 atom stereocenters. The van der Waals surface area contributed by atoms with Crippen LogP contribution in [0, 0.1) is 0 Å². The van der Waals surface area contributed by atoms with Gasteiger partial charge in [0.25, 0.3) is 0 Å². The molecule has 1 saturated heterocycles. The Hall–Kier alpha value is -1.89. The van der Waals surface area contributed by atoms with Crippen LogP contribution in [-0.4, -0.2) is 40.7 Å². The third-order valence-corrected chi connectivity index (χ3v) is 4.87. The summed E-state index contributed by atoms with van der Waals surface area (Å²) < 4.78 is 24.6. The van der Waals surface area contributed by atoms with Gasteiger partial charge < -0.3 is 5.32 Å². The summed E-state index contributed by atoms with van der Waals surface area (Å²) >= 11 is 0.